The number of hydrogen-bond acceptors (Lipinski definition) is 0. The Labute approximate surface area is 87.3 Å². The van der Waals surface area contributed by atoms with Gasteiger partial charge in [-0.05, 0) is 13.0 Å². The summed E-state index contributed by atoms with van der Waals surface area (Å²) >= 11 is 0. The van der Waals surface area contributed by atoms with Crippen LogP contribution in [0.2, 0.25) is 0 Å². The van der Waals surface area contributed by atoms with Crippen LogP contribution in [0.3, 0.4) is 0 Å². The third kappa shape index (κ3) is 3.75. The van der Waals surface area contributed by atoms with E-state index in [1.165, 1.54) is 5.56 Å². The van der Waals surface area contributed by atoms with Gasteiger partial charge in [0, 0.05) is 12.6 Å². The number of rotatable bonds is 4. The van der Waals surface area contributed by atoms with Crippen LogP contribution in [0.25, 0.3) is 0 Å². The summed E-state index contributed by atoms with van der Waals surface area (Å²) in [5.41, 5.74) is 1.34. The lowest BCUT2D eigenvalue weighted by molar-refractivity contribution is -0.873. The molecular weight excluding hydrogens is 170 g/mol. The van der Waals surface area contributed by atoms with Crippen molar-refractivity contribution in [3.05, 3.63) is 55.1 Å². The molecule has 14 heavy (non-hydrogen) atoms. The van der Waals surface area contributed by atoms with Crippen LogP contribution in [0, 0.1) is 7.05 Å². The van der Waals surface area contributed by atoms with E-state index in [1.807, 2.05) is 13.0 Å². The van der Waals surface area contributed by atoms with Gasteiger partial charge in [0.05, 0.1) is 13.1 Å². The van der Waals surface area contributed by atoms with Crippen molar-refractivity contribution in [3.63, 3.8) is 0 Å². The summed E-state index contributed by atoms with van der Waals surface area (Å²) in [7, 11) is 6.33. The first kappa shape index (κ1) is 11.0. The van der Waals surface area contributed by atoms with Crippen LogP contribution in [-0.4, -0.2) is 18.1 Å². The van der Waals surface area contributed by atoms with E-state index in [9.17, 15) is 0 Å². The third-order valence-electron chi connectivity index (χ3n) is 2.19. The van der Waals surface area contributed by atoms with E-state index in [1.54, 1.807) is 0 Å². The second-order valence-electron chi connectivity index (χ2n) is 4.01. The Kier molecular flexibility index (Phi) is 3.90. The van der Waals surface area contributed by atoms with Gasteiger partial charge in [-0.1, -0.05) is 36.4 Å². The Bertz CT molecular complexity index is 285. The van der Waals surface area contributed by atoms with Gasteiger partial charge in [-0.2, -0.15) is 0 Å². The van der Waals surface area contributed by atoms with Gasteiger partial charge in [0.2, 0.25) is 0 Å². The topological polar surface area (TPSA) is 0 Å². The zero-order valence-electron chi connectivity index (χ0n) is 9.11. The van der Waals surface area contributed by atoms with Crippen LogP contribution in [0.4, 0.5) is 0 Å². The number of nitrogens with zero attached hydrogens (tertiary/aromatic N) is 1. The van der Waals surface area contributed by atoms with E-state index in [0.717, 1.165) is 17.6 Å². The highest BCUT2D eigenvalue weighted by atomic mass is 15.3. The third-order valence-corrected chi connectivity index (χ3v) is 2.19. The highest BCUT2D eigenvalue weighted by Crippen LogP contribution is 2.09. The number of benzene rings is 1. The van der Waals surface area contributed by atoms with Gasteiger partial charge >= 0.3 is 0 Å². The molecule has 0 aromatic heterocycles. The molecular formula is C13H19N. The lowest BCUT2D eigenvalue weighted by atomic mass is 10.2. The lowest BCUT2D eigenvalue weighted by Crippen LogP contribution is -2.36. The van der Waals surface area contributed by atoms with Crippen molar-refractivity contribution >= 4 is 0 Å². The van der Waals surface area contributed by atoms with Crippen molar-refractivity contribution in [1.29, 1.82) is 0 Å². The first-order valence-electron chi connectivity index (χ1n) is 4.98. The van der Waals surface area contributed by atoms with E-state index >= 15 is 0 Å². The molecule has 0 saturated heterocycles. The minimum atomic E-state index is 0.758. The second-order valence-corrected chi connectivity index (χ2v) is 4.01. The Morgan fingerprint density at radius 1 is 1.29 bits per heavy atom. The predicted octanol–water partition coefficient (Wildman–Crippen LogP) is 3.00. The SMILES string of the molecule is [CH2-][N+](C)(C/C=C/C)Cc1ccccc1. The Morgan fingerprint density at radius 2 is 1.93 bits per heavy atom. The first-order valence-corrected chi connectivity index (χ1v) is 4.98. The molecule has 0 aliphatic rings. The summed E-state index contributed by atoms with van der Waals surface area (Å²) in [5, 5.41) is 0. The summed E-state index contributed by atoms with van der Waals surface area (Å²) in [4.78, 5) is 0. The van der Waals surface area contributed by atoms with Crippen molar-refractivity contribution in [3.8, 4) is 0 Å². The summed E-state index contributed by atoms with van der Waals surface area (Å²) in [6, 6.07) is 10.5. The molecule has 0 radical (unpaired) electrons. The molecule has 0 heterocycles. The fraction of sp³-hybridized carbons (Fsp3) is 0.308. The average molecular weight is 189 g/mol. The number of quaternary nitrogens is 1. The Morgan fingerprint density at radius 3 is 2.50 bits per heavy atom. The maximum Gasteiger partial charge on any atom is 0.0803 e. The maximum atomic E-state index is 4.19. The molecule has 0 fully saturated rings. The molecule has 0 bridgehead atoms. The van der Waals surface area contributed by atoms with Crippen molar-refractivity contribution < 1.29 is 4.48 Å². The van der Waals surface area contributed by atoms with E-state index < -0.39 is 0 Å². The molecule has 0 amide bonds. The van der Waals surface area contributed by atoms with Gasteiger partial charge in [0.15, 0.2) is 0 Å². The molecule has 76 valence electrons. The molecule has 0 aliphatic carbocycles. The molecule has 1 aromatic carbocycles. The van der Waals surface area contributed by atoms with Gasteiger partial charge < -0.3 is 4.48 Å². The largest absolute Gasteiger partial charge is 0.452 e. The maximum absolute atomic E-state index is 4.19. The van der Waals surface area contributed by atoms with Crippen LogP contribution >= 0.6 is 0 Å². The fourth-order valence-electron chi connectivity index (χ4n) is 1.45. The highest BCUT2D eigenvalue weighted by Gasteiger charge is 2.06. The normalized spacial score (nSPS) is 15.6. The van der Waals surface area contributed by atoms with Crippen LogP contribution in [-0.2, 0) is 6.54 Å². The molecule has 1 heteroatoms. The van der Waals surface area contributed by atoms with Crippen molar-refractivity contribution in [1.82, 2.24) is 0 Å². The Hall–Kier alpha value is -1.08. The van der Waals surface area contributed by atoms with E-state index in [-0.39, 0.29) is 0 Å². The predicted molar refractivity (Wildman–Crippen MR) is 61.4 cm³/mol. The summed E-state index contributed by atoms with van der Waals surface area (Å²) in [6.07, 6.45) is 4.24. The number of likely N-dealkylation sites (N-methyl/N-ethyl adjacent to an activating group) is 1. The van der Waals surface area contributed by atoms with Crippen molar-refractivity contribution in [2.75, 3.05) is 13.6 Å². The molecule has 1 nitrogen and oxygen atoms in total. The highest BCUT2D eigenvalue weighted by molar-refractivity contribution is 5.13. The minimum absolute atomic E-state index is 0.758. The van der Waals surface area contributed by atoms with Crippen molar-refractivity contribution in [2.45, 2.75) is 13.5 Å². The molecule has 1 atom stereocenters. The summed E-state index contributed by atoms with van der Waals surface area (Å²) in [5.74, 6) is 0. The molecule has 0 aliphatic heterocycles. The monoisotopic (exact) mass is 189 g/mol. The lowest BCUT2D eigenvalue weighted by Gasteiger charge is -2.37. The minimum Gasteiger partial charge on any atom is -0.452 e. The fourth-order valence-corrected chi connectivity index (χ4v) is 1.45. The quantitative estimate of drug-likeness (QED) is 0.388. The van der Waals surface area contributed by atoms with Crippen LogP contribution < -0.4 is 0 Å². The van der Waals surface area contributed by atoms with Gasteiger partial charge in [-0.3, -0.25) is 0 Å². The van der Waals surface area contributed by atoms with Crippen LogP contribution in [0.1, 0.15) is 12.5 Å². The number of hydrogen-bond donors (Lipinski definition) is 0. The van der Waals surface area contributed by atoms with Gasteiger partial charge in [-0.15, -0.1) is 7.05 Å². The zero-order chi connectivity index (χ0) is 10.4. The second kappa shape index (κ2) is 4.97. The molecule has 0 spiro atoms. The van der Waals surface area contributed by atoms with Crippen LogP contribution in [0.5, 0.6) is 0 Å². The average Bonchev–Trinajstić information content (AvgIpc) is 2.16. The Balaban J connectivity index is 2.59. The molecule has 1 unspecified atom stereocenters. The standard InChI is InChI=1S/C13H19N/c1-4-5-11-14(2,3)12-13-9-7-6-8-10-13/h4-10H,2,11-12H2,1,3H3/b5-4+. The van der Waals surface area contributed by atoms with Gasteiger partial charge in [-0.25, -0.2) is 0 Å². The summed E-state index contributed by atoms with van der Waals surface area (Å²) < 4.78 is 0.758. The van der Waals surface area contributed by atoms with Crippen LogP contribution in [0.15, 0.2) is 42.5 Å². The van der Waals surface area contributed by atoms with Crippen molar-refractivity contribution in [2.24, 2.45) is 0 Å². The molecule has 1 aromatic rings. The van der Waals surface area contributed by atoms with E-state index in [4.69, 9.17) is 0 Å². The van der Waals surface area contributed by atoms with Gasteiger partial charge in [0.25, 0.3) is 0 Å². The zero-order valence-corrected chi connectivity index (χ0v) is 9.11. The first-order chi connectivity index (χ1) is 6.64. The molecule has 0 saturated carbocycles. The molecule has 1 rings (SSSR count). The number of allylic oxidation sites excluding steroid dienone is 1. The van der Waals surface area contributed by atoms with E-state index in [0.29, 0.717) is 0 Å². The van der Waals surface area contributed by atoms with E-state index in [2.05, 4.69) is 50.5 Å². The molecule has 0 N–H and O–H groups in total. The smallest absolute Gasteiger partial charge is 0.0803 e. The van der Waals surface area contributed by atoms with Gasteiger partial charge in [0.1, 0.15) is 0 Å². The summed E-state index contributed by atoms with van der Waals surface area (Å²) in [6.45, 7) is 4.00.